The van der Waals surface area contributed by atoms with Crippen molar-refractivity contribution < 1.29 is 23.8 Å². The van der Waals surface area contributed by atoms with Crippen LogP contribution in [0.2, 0.25) is 0 Å². The number of rotatable bonds is 2. The molecule has 0 atom stereocenters. The van der Waals surface area contributed by atoms with Crippen molar-refractivity contribution in [3.8, 4) is 5.88 Å². The van der Waals surface area contributed by atoms with E-state index in [-0.39, 0.29) is 11.7 Å². The Bertz CT molecular complexity index is 592. The summed E-state index contributed by atoms with van der Waals surface area (Å²) in [6, 6.07) is 3.10. The van der Waals surface area contributed by atoms with Gasteiger partial charge in [0.25, 0.3) is 0 Å². The van der Waals surface area contributed by atoms with Gasteiger partial charge in [-0.25, -0.2) is 9.59 Å². The summed E-state index contributed by atoms with van der Waals surface area (Å²) in [7, 11) is 1.43. The number of carbonyl (C=O) groups excluding carboxylic acids is 2. The van der Waals surface area contributed by atoms with Gasteiger partial charge in [0, 0.05) is 0 Å². The first kappa shape index (κ1) is 20.2. The molecule has 1 aromatic heterocycles. The van der Waals surface area contributed by atoms with Gasteiger partial charge in [-0.15, -0.1) is 0 Å². The Kier molecular flexibility index (Phi) is 6.21. The molecule has 0 saturated carbocycles. The van der Waals surface area contributed by atoms with Crippen LogP contribution in [0.1, 0.15) is 41.5 Å². The Morgan fingerprint density at radius 3 is 1.83 bits per heavy atom. The number of carbonyl (C=O) groups is 2. The summed E-state index contributed by atoms with van der Waals surface area (Å²) in [5.74, 6) is 0.267. The van der Waals surface area contributed by atoms with Crippen molar-refractivity contribution in [3.05, 3.63) is 16.6 Å². The topological polar surface area (TPSA) is 78.0 Å². The average molecular weight is 403 g/mol. The van der Waals surface area contributed by atoms with E-state index in [4.69, 9.17) is 14.2 Å². The molecule has 0 aliphatic rings. The predicted octanol–water partition coefficient (Wildman–Crippen LogP) is 4.53. The molecule has 1 aromatic rings. The molecule has 0 N–H and O–H groups in total. The Morgan fingerprint density at radius 2 is 1.46 bits per heavy atom. The molecule has 0 aromatic carbocycles. The third kappa shape index (κ3) is 5.99. The van der Waals surface area contributed by atoms with E-state index in [1.165, 1.54) is 13.2 Å². The van der Waals surface area contributed by atoms with E-state index >= 15 is 0 Å². The van der Waals surface area contributed by atoms with E-state index in [9.17, 15) is 9.59 Å². The Morgan fingerprint density at radius 1 is 1.00 bits per heavy atom. The van der Waals surface area contributed by atoms with Crippen LogP contribution in [0, 0.1) is 0 Å². The minimum absolute atomic E-state index is 0.0403. The highest BCUT2D eigenvalue weighted by Gasteiger charge is 2.33. The van der Waals surface area contributed by atoms with Crippen molar-refractivity contribution in [1.29, 1.82) is 0 Å². The number of nitrogens with zero attached hydrogens (tertiary/aromatic N) is 2. The summed E-state index contributed by atoms with van der Waals surface area (Å²) < 4.78 is 16.3. The van der Waals surface area contributed by atoms with Gasteiger partial charge in [-0.2, -0.15) is 9.88 Å². The third-order valence-electron chi connectivity index (χ3n) is 2.37. The van der Waals surface area contributed by atoms with Crippen LogP contribution in [0.4, 0.5) is 15.4 Å². The fraction of sp³-hybridized carbons (Fsp3) is 0.562. The minimum atomic E-state index is -0.881. The van der Waals surface area contributed by atoms with Gasteiger partial charge in [-0.05, 0) is 69.6 Å². The SMILES string of the molecule is COc1nc(N(C(=O)OC(C)(C)C)C(=O)OC(C)(C)C)ccc1Br. The van der Waals surface area contributed by atoms with E-state index in [0.29, 0.717) is 4.47 Å². The molecule has 0 unspecified atom stereocenters. The molecule has 1 rings (SSSR count). The second-order valence-corrected chi connectivity index (χ2v) is 7.81. The zero-order valence-electron chi connectivity index (χ0n) is 15.0. The highest BCUT2D eigenvalue weighted by molar-refractivity contribution is 9.10. The van der Waals surface area contributed by atoms with Crippen LogP contribution in [0.5, 0.6) is 5.88 Å². The average Bonchev–Trinajstić information content (AvgIpc) is 2.36. The van der Waals surface area contributed by atoms with Gasteiger partial charge < -0.3 is 14.2 Å². The molecular weight excluding hydrogens is 380 g/mol. The first-order valence-electron chi connectivity index (χ1n) is 7.30. The van der Waals surface area contributed by atoms with E-state index < -0.39 is 23.4 Å². The van der Waals surface area contributed by atoms with E-state index in [0.717, 1.165) is 4.90 Å². The number of aromatic nitrogens is 1. The zero-order chi connectivity index (χ0) is 18.7. The van der Waals surface area contributed by atoms with Crippen LogP contribution in [0.15, 0.2) is 16.6 Å². The van der Waals surface area contributed by atoms with E-state index in [2.05, 4.69) is 20.9 Å². The van der Waals surface area contributed by atoms with Crippen LogP contribution >= 0.6 is 15.9 Å². The highest BCUT2D eigenvalue weighted by Crippen LogP contribution is 2.27. The molecule has 1 heterocycles. The first-order chi connectivity index (χ1) is 10.8. The van der Waals surface area contributed by atoms with Gasteiger partial charge in [0.15, 0.2) is 5.82 Å². The number of amides is 2. The Labute approximate surface area is 150 Å². The van der Waals surface area contributed by atoms with Crippen molar-refractivity contribution in [3.63, 3.8) is 0 Å². The predicted molar refractivity (Wildman–Crippen MR) is 93.4 cm³/mol. The van der Waals surface area contributed by atoms with Crippen LogP contribution in [0.3, 0.4) is 0 Å². The molecule has 24 heavy (non-hydrogen) atoms. The smallest absolute Gasteiger partial charge is 0.425 e. The summed E-state index contributed by atoms with van der Waals surface area (Å²) in [5, 5.41) is 0. The van der Waals surface area contributed by atoms with Crippen molar-refractivity contribution in [1.82, 2.24) is 4.98 Å². The fourth-order valence-corrected chi connectivity index (χ4v) is 1.94. The van der Waals surface area contributed by atoms with Crippen LogP contribution < -0.4 is 9.64 Å². The summed E-state index contributed by atoms with van der Waals surface area (Å²) in [5.41, 5.74) is -1.56. The number of pyridine rings is 1. The molecular formula is C16H23BrN2O5. The number of halogens is 1. The number of ether oxygens (including phenoxy) is 3. The van der Waals surface area contributed by atoms with Gasteiger partial charge in [0.2, 0.25) is 5.88 Å². The quantitative estimate of drug-likeness (QED) is 0.722. The van der Waals surface area contributed by atoms with Crippen molar-refractivity contribution in [2.75, 3.05) is 12.0 Å². The molecule has 0 fully saturated rings. The van der Waals surface area contributed by atoms with Gasteiger partial charge in [0.05, 0.1) is 11.6 Å². The van der Waals surface area contributed by atoms with E-state index in [1.807, 2.05) is 0 Å². The van der Waals surface area contributed by atoms with Gasteiger partial charge in [0.1, 0.15) is 11.2 Å². The van der Waals surface area contributed by atoms with Gasteiger partial charge in [-0.3, -0.25) is 0 Å². The maximum absolute atomic E-state index is 12.5. The molecule has 0 saturated heterocycles. The lowest BCUT2D eigenvalue weighted by atomic mass is 10.2. The summed E-state index contributed by atoms with van der Waals surface area (Å²) in [4.78, 5) is 29.9. The lowest BCUT2D eigenvalue weighted by molar-refractivity contribution is 0.0429. The lowest BCUT2D eigenvalue weighted by Crippen LogP contribution is -2.44. The molecule has 0 bridgehead atoms. The molecule has 0 aliphatic heterocycles. The Hall–Kier alpha value is -1.83. The maximum Gasteiger partial charge on any atom is 0.425 e. The number of hydrogen-bond donors (Lipinski definition) is 0. The lowest BCUT2D eigenvalue weighted by Gasteiger charge is -2.28. The third-order valence-corrected chi connectivity index (χ3v) is 2.98. The van der Waals surface area contributed by atoms with Crippen molar-refractivity contribution in [2.24, 2.45) is 0 Å². The molecule has 134 valence electrons. The molecule has 0 aliphatic carbocycles. The van der Waals surface area contributed by atoms with Gasteiger partial charge >= 0.3 is 12.2 Å². The number of hydrogen-bond acceptors (Lipinski definition) is 6. The monoisotopic (exact) mass is 402 g/mol. The van der Waals surface area contributed by atoms with Crippen molar-refractivity contribution >= 4 is 33.9 Å². The van der Waals surface area contributed by atoms with Gasteiger partial charge in [-0.1, -0.05) is 0 Å². The minimum Gasteiger partial charge on any atom is -0.480 e. The van der Waals surface area contributed by atoms with Crippen molar-refractivity contribution in [2.45, 2.75) is 52.7 Å². The second-order valence-electron chi connectivity index (χ2n) is 6.96. The molecule has 7 nitrogen and oxygen atoms in total. The summed E-state index contributed by atoms with van der Waals surface area (Å²) >= 11 is 3.27. The van der Waals surface area contributed by atoms with Crippen LogP contribution in [-0.4, -0.2) is 35.5 Å². The van der Waals surface area contributed by atoms with Crippen LogP contribution in [-0.2, 0) is 9.47 Å². The molecule has 0 radical (unpaired) electrons. The largest absolute Gasteiger partial charge is 0.480 e. The molecule has 0 spiro atoms. The standard InChI is InChI=1S/C16H23BrN2O5/c1-15(2,3)23-13(20)19(14(21)24-16(4,5)6)11-9-8-10(17)12(18-11)22-7/h8-9H,1-7H3. The molecule has 8 heteroatoms. The number of methoxy groups -OCH3 is 1. The number of anilines is 1. The fourth-order valence-electron chi connectivity index (χ4n) is 1.56. The van der Waals surface area contributed by atoms with E-state index in [1.54, 1.807) is 47.6 Å². The first-order valence-corrected chi connectivity index (χ1v) is 8.10. The zero-order valence-corrected chi connectivity index (χ0v) is 16.6. The normalized spacial score (nSPS) is 11.7. The number of imide groups is 1. The highest BCUT2D eigenvalue weighted by atomic mass is 79.9. The van der Waals surface area contributed by atoms with Crippen LogP contribution in [0.25, 0.3) is 0 Å². The summed E-state index contributed by atoms with van der Waals surface area (Å²) in [6.45, 7) is 10.2. The molecule has 2 amide bonds. The summed E-state index contributed by atoms with van der Waals surface area (Å²) in [6.07, 6.45) is -1.76. The maximum atomic E-state index is 12.5. The second kappa shape index (κ2) is 7.38. The Balaban J connectivity index is 3.27.